The van der Waals surface area contributed by atoms with Crippen molar-refractivity contribution in [1.82, 2.24) is 9.88 Å². The van der Waals surface area contributed by atoms with Gasteiger partial charge in [-0.2, -0.15) is 0 Å². The van der Waals surface area contributed by atoms with Crippen molar-refractivity contribution in [3.05, 3.63) is 53.7 Å². The lowest BCUT2D eigenvalue weighted by atomic mass is 10.1. The van der Waals surface area contributed by atoms with Gasteiger partial charge in [-0.3, -0.25) is 9.59 Å². The maximum Gasteiger partial charge on any atom is 0.229 e. The summed E-state index contributed by atoms with van der Waals surface area (Å²) in [4.78, 5) is 30.2. The van der Waals surface area contributed by atoms with Crippen molar-refractivity contribution >= 4 is 23.3 Å². The molecule has 2 aromatic rings. The van der Waals surface area contributed by atoms with Gasteiger partial charge in [0.25, 0.3) is 0 Å². The number of pyridine rings is 1. The standard InChI is InChI=1S/C18H20N4O2/c1-12-2-4-13(5-3-12)10-22-11-14(8-17(22)23)18(24)21-15-6-7-16(19)20-9-15/h2-7,9,14H,8,10-11H2,1H3,(H2,19,20)(H,21,24). The van der Waals surface area contributed by atoms with Crippen molar-refractivity contribution < 1.29 is 9.59 Å². The number of carbonyl (C=O) groups excluding carboxylic acids is 2. The van der Waals surface area contributed by atoms with Crippen LogP contribution in [-0.4, -0.2) is 28.2 Å². The Balaban J connectivity index is 1.60. The van der Waals surface area contributed by atoms with E-state index in [1.54, 1.807) is 17.0 Å². The molecule has 1 aromatic heterocycles. The van der Waals surface area contributed by atoms with E-state index in [0.29, 0.717) is 24.6 Å². The summed E-state index contributed by atoms with van der Waals surface area (Å²) in [6, 6.07) is 11.4. The minimum absolute atomic E-state index is 0.00570. The molecule has 1 saturated heterocycles. The third-order valence-electron chi connectivity index (χ3n) is 4.13. The first kappa shape index (κ1) is 16.0. The Hall–Kier alpha value is -2.89. The summed E-state index contributed by atoms with van der Waals surface area (Å²) < 4.78 is 0. The Morgan fingerprint density at radius 3 is 2.71 bits per heavy atom. The molecule has 1 unspecified atom stereocenters. The molecule has 2 heterocycles. The van der Waals surface area contributed by atoms with E-state index < -0.39 is 0 Å². The fourth-order valence-corrected chi connectivity index (χ4v) is 2.74. The third-order valence-corrected chi connectivity index (χ3v) is 4.13. The number of benzene rings is 1. The van der Waals surface area contributed by atoms with Crippen molar-refractivity contribution in [3.63, 3.8) is 0 Å². The van der Waals surface area contributed by atoms with Gasteiger partial charge in [-0.05, 0) is 24.6 Å². The average molecular weight is 324 g/mol. The number of amides is 2. The molecule has 24 heavy (non-hydrogen) atoms. The minimum atomic E-state index is -0.347. The number of aryl methyl sites for hydroxylation is 1. The molecule has 124 valence electrons. The number of hydrogen-bond donors (Lipinski definition) is 2. The van der Waals surface area contributed by atoms with Gasteiger partial charge in [0.05, 0.1) is 17.8 Å². The normalized spacial score (nSPS) is 17.1. The molecule has 2 amide bonds. The number of nitrogens with two attached hydrogens (primary N) is 1. The summed E-state index contributed by atoms with van der Waals surface area (Å²) in [7, 11) is 0. The van der Waals surface area contributed by atoms with Gasteiger partial charge in [-0.1, -0.05) is 29.8 Å². The van der Waals surface area contributed by atoms with Crippen LogP contribution in [0.4, 0.5) is 11.5 Å². The van der Waals surface area contributed by atoms with E-state index in [9.17, 15) is 9.59 Å². The molecule has 1 atom stereocenters. The Bertz CT molecular complexity index is 741. The number of rotatable bonds is 4. The highest BCUT2D eigenvalue weighted by Crippen LogP contribution is 2.22. The van der Waals surface area contributed by atoms with E-state index in [1.165, 1.54) is 11.8 Å². The zero-order valence-electron chi connectivity index (χ0n) is 13.5. The smallest absolute Gasteiger partial charge is 0.229 e. The molecule has 0 spiro atoms. The molecular weight excluding hydrogens is 304 g/mol. The van der Waals surface area contributed by atoms with Gasteiger partial charge in [0.15, 0.2) is 0 Å². The molecule has 1 aliphatic rings. The van der Waals surface area contributed by atoms with Gasteiger partial charge in [0.2, 0.25) is 11.8 Å². The van der Waals surface area contributed by atoms with Crippen LogP contribution < -0.4 is 11.1 Å². The van der Waals surface area contributed by atoms with Crippen LogP contribution in [0.15, 0.2) is 42.6 Å². The molecule has 1 aliphatic heterocycles. The molecule has 3 rings (SSSR count). The number of hydrogen-bond acceptors (Lipinski definition) is 4. The maximum atomic E-state index is 12.3. The zero-order valence-corrected chi connectivity index (χ0v) is 13.5. The molecule has 1 fully saturated rings. The lowest BCUT2D eigenvalue weighted by Crippen LogP contribution is -2.28. The highest BCUT2D eigenvalue weighted by atomic mass is 16.2. The van der Waals surface area contributed by atoms with Crippen LogP contribution in [-0.2, 0) is 16.1 Å². The molecule has 6 nitrogen and oxygen atoms in total. The third kappa shape index (κ3) is 3.71. The average Bonchev–Trinajstić information content (AvgIpc) is 2.93. The number of aromatic nitrogens is 1. The quantitative estimate of drug-likeness (QED) is 0.900. The Labute approximate surface area is 140 Å². The lowest BCUT2D eigenvalue weighted by Gasteiger charge is -2.17. The second-order valence-corrected chi connectivity index (χ2v) is 6.12. The number of nitrogen functional groups attached to an aromatic ring is 1. The first-order valence-corrected chi connectivity index (χ1v) is 7.87. The van der Waals surface area contributed by atoms with Crippen LogP contribution in [0.25, 0.3) is 0 Å². The van der Waals surface area contributed by atoms with Crippen molar-refractivity contribution in [2.24, 2.45) is 5.92 Å². The van der Waals surface area contributed by atoms with Gasteiger partial charge in [-0.25, -0.2) is 4.98 Å². The monoisotopic (exact) mass is 324 g/mol. The van der Waals surface area contributed by atoms with Gasteiger partial charge < -0.3 is 16.0 Å². The first-order valence-electron chi connectivity index (χ1n) is 7.87. The predicted molar refractivity (Wildman–Crippen MR) is 92.0 cm³/mol. The van der Waals surface area contributed by atoms with E-state index in [-0.39, 0.29) is 24.2 Å². The van der Waals surface area contributed by atoms with E-state index >= 15 is 0 Å². The number of carbonyl (C=O) groups is 2. The topological polar surface area (TPSA) is 88.3 Å². The summed E-state index contributed by atoms with van der Waals surface area (Å²) in [5, 5.41) is 2.79. The van der Waals surface area contributed by atoms with E-state index in [2.05, 4.69) is 10.3 Å². The van der Waals surface area contributed by atoms with Crippen LogP contribution in [0.1, 0.15) is 17.5 Å². The number of nitrogens with one attached hydrogen (secondary N) is 1. The van der Waals surface area contributed by atoms with Crippen LogP contribution in [0.3, 0.4) is 0 Å². The number of nitrogens with zero attached hydrogens (tertiary/aromatic N) is 2. The van der Waals surface area contributed by atoms with Crippen LogP contribution in [0, 0.1) is 12.8 Å². The molecule has 0 aliphatic carbocycles. The summed E-state index contributed by atoms with van der Waals surface area (Å²) in [6.45, 7) is 2.99. The largest absolute Gasteiger partial charge is 0.384 e. The van der Waals surface area contributed by atoms with Gasteiger partial charge in [0.1, 0.15) is 5.82 Å². The van der Waals surface area contributed by atoms with E-state index in [0.717, 1.165) is 5.56 Å². The summed E-state index contributed by atoms with van der Waals surface area (Å²) >= 11 is 0. The maximum absolute atomic E-state index is 12.3. The number of likely N-dealkylation sites (tertiary alicyclic amines) is 1. The Kier molecular flexibility index (Phi) is 4.46. The summed E-state index contributed by atoms with van der Waals surface area (Å²) in [5.74, 6) is -0.110. The van der Waals surface area contributed by atoms with Gasteiger partial charge in [0, 0.05) is 19.5 Å². The Morgan fingerprint density at radius 2 is 2.04 bits per heavy atom. The minimum Gasteiger partial charge on any atom is -0.384 e. The molecule has 6 heteroatoms. The molecule has 3 N–H and O–H groups in total. The second-order valence-electron chi connectivity index (χ2n) is 6.12. The highest BCUT2D eigenvalue weighted by molar-refractivity contribution is 5.97. The summed E-state index contributed by atoms with van der Waals surface area (Å²) in [6.07, 6.45) is 1.74. The first-order chi connectivity index (χ1) is 11.5. The summed E-state index contributed by atoms with van der Waals surface area (Å²) in [5.41, 5.74) is 8.35. The van der Waals surface area contributed by atoms with Gasteiger partial charge in [-0.15, -0.1) is 0 Å². The molecule has 0 bridgehead atoms. The molecule has 0 saturated carbocycles. The lowest BCUT2D eigenvalue weighted by molar-refractivity contribution is -0.128. The van der Waals surface area contributed by atoms with E-state index in [1.807, 2.05) is 31.2 Å². The van der Waals surface area contributed by atoms with E-state index in [4.69, 9.17) is 5.73 Å². The van der Waals surface area contributed by atoms with Crippen molar-refractivity contribution in [2.45, 2.75) is 19.9 Å². The Morgan fingerprint density at radius 1 is 1.29 bits per heavy atom. The zero-order chi connectivity index (χ0) is 17.1. The van der Waals surface area contributed by atoms with Crippen molar-refractivity contribution in [2.75, 3.05) is 17.6 Å². The van der Waals surface area contributed by atoms with Crippen LogP contribution in [0.5, 0.6) is 0 Å². The van der Waals surface area contributed by atoms with Crippen molar-refractivity contribution in [3.8, 4) is 0 Å². The van der Waals surface area contributed by atoms with Crippen LogP contribution >= 0.6 is 0 Å². The molecule has 1 aromatic carbocycles. The molecular formula is C18H20N4O2. The van der Waals surface area contributed by atoms with Crippen LogP contribution in [0.2, 0.25) is 0 Å². The highest BCUT2D eigenvalue weighted by Gasteiger charge is 2.34. The van der Waals surface area contributed by atoms with Gasteiger partial charge >= 0.3 is 0 Å². The molecule has 0 radical (unpaired) electrons. The van der Waals surface area contributed by atoms with Crippen molar-refractivity contribution in [1.29, 1.82) is 0 Å². The number of anilines is 2. The predicted octanol–water partition coefficient (Wildman–Crippen LogP) is 1.96. The fourth-order valence-electron chi connectivity index (χ4n) is 2.74. The SMILES string of the molecule is Cc1ccc(CN2CC(C(=O)Nc3ccc(N)nc3)CC2=O)cc1. The second kappa shape index (κ2) is 6.70. The fraction of sp³-hybridized carbons (Fsp3) is 0.278.